The molecular weight excluding hydrogens is 312 g/mol. The van der Waals surface area contributed by atoms with Crippen LogP contribution >= 0.6 is 27.3 Å². The summed E-state index contributed by atoms with van der Waals surface area (Å²) in [5, 5.41) is 9.48. The molecular formula is C13H13BrN2OS. The fraction of sp³-hybridized carbons (Fsp3) is 0.385. The van der Waals surface area contributed by atoms with E-state index in [1.54, 1.807) is 11.3 Å². The lowest BCUT2D eigenvalue weighted by Gasteiger charge is -2.11. The Morgan fingerprint density at radius 2 is 2.17 bits per heavy atom. The molecule has 1 N–H and O–H groups in total. The van der Waals surface area contributed by atoms with Crippen molar-refractivity contribution < 1.29 is 5.11 Å². The van der Waals surface area contributed by atoms with E-state index in [2.05, 4.69) is 32.0 Å². The number of aliphatic hydroxyl groups excluding tert-OH is 1. The minimum absolute atomic E-state index is 0.143. The van der Waals surface area contributed by atoms with Crippen molar-refractivity contribution in [2.45, 2.75) is 25.2 Å². The molecule has 94 valence electrons. The van der Waals surface area contributed by atoms with Crippen molar-refractivity contribution >= 4 is 27.3 Å². The van der Waals surface area contributed by atoms with Crippen LogP contribution in [-0.4, -0.2) is 21.7 Å². The van der Waals surface area contributed by atoms with E-state index in [1.165, 1.54) is 0 Å². The molecule has 5 heteroatoms. The number of hydrogen-bond acceptors (Lipinski definition) is 4. The van der Waals surface area contributed by atoms with Crippen molar-refractivity contribution in [1.82, 2.24) is 9.97 Å². The lowest BCUT2D eigenvalue weighted by Crippen LogP contribution is -2.17. The van der Waals surface area contributed by atoms with Gasteiger partial charge in [0.15, 0.2) is 0 Å². The van der Waals surface area contributed by atoms with Gasteiger partial charge >= 0.3 is 0 Å². The molecule has 0 aromatic carbocycles. The average molecular weight is 325 g/mol. The van der Waals surface area contributed by atoms with Crippen molar-refractivity contribution in [3.8, 4) is 10.6 Å². The molecule has 1 aliphatic carbocycles. The summed E-state index contributed by atoms with van der Waals surface area (Å²) in [5.41, 5.74) is 1.74. The second-order valence-electron chi connectivity index (χ2n) is 4.76. The second-order valence-corrected chi connectivity index (χ2v) is 7.22. The quantitative estimate of drug-likeness (QED) is 0.942. The first-order valence-corrected chi connectivity index (χ1v) is 7.47. The lowest BCUT2D eigenvalue weighted by atomic mass is 10.1. The zero-order valence-corrected chi connectivity index (χ0v) is 12.4. The Kier molecular flexibility index (Phi) is 3.00. The van der Waals surface area contributed by atoms with Crippen LogP contribution in [0.2, 0.25) is 0 Å². The highest BCUT2D eigenvalue weighted by atomic mass is 79.9. The molecule has 1 aliphatic rings. The standard InChI is InChI=1S/C13H13BrN2OS/c1-8-6-9(10-2-3-11(14)18-10)16-12(15-8)13(7-17)4-5-13/h2-3,6,17H,4-5,7H2,1H3. The van der Waals surface area contributed by atoms with Gasteiger partial charge < -0.3 is 5.11 Å². The molecule has 0 spiro atoms. The first kappa shape index (κ1) is 12.3. The molecule has 1 saturated carbocycles. The predicted octanol–water partition coefficient (Wildman–Crippen LogP) is 3.30. The van der Waals surface area contributed by atoms with Crippen molar-refractivity contribution in [2.75, 3.05) is 6.61 Å². The van der Waals surface area contributed by atoms with Gasteiger partial charge in [0.1, 0.15) is 5.82 Å². The van der Waals surface area contributed by atoms with Crippen molar-refractivity contribution in [3.05, 3.63) is 33.5 Å². The molecule has 1 fully saturated rings. The van der Waals surface area contributed by atoms with Gasteiger partial charge in [-0.25, -0.2) is 9.97 Å². The number of rotatable bonds is 3. The van der Waals surface area contributed by atoms with Crippen molar-refractivity contribution in [2.24, 2.45) is 0 Å². The summed E-state index contributed by atoms with van der Waals surface area (Å²) in [7, 11) is 0. The van der Waals surface area contributed by atoms with E-state index >= 15 is 0 Å². The third kappa shape index (κ3) is 2.11. The normalized spacial score (nSPS) is 16.8. The molecule has 0 unspecified atom stereocenters. The largest absolute Gasteiger partial charge is 0.395 e. The SMILES string of the molecule is Cc1cc(-c2ccc(Br)s2)nc(C2(CO)CC2)n1. The molecule has 3 nitrogen and oxygen atoms in total. The number of halogens is 1. The van der Waals surface area contributed by atoms with Gasteiger partial charge in [0.25, 0.3) is 0 Å². The number of aromatic nitrogens is 2. The molecule has 0 atom stereocenters. The Morgan fingerprint density at radius 1 is 1.39 bits per heavy atom. The smallest absolute Gasteiger partial charge is 0.137 e. The van der Waals surface area contributed by atoms with Crippen molar-refractivity contribution in [1.29, 1.82) is 0 Å². The number of hydrogen-bond donors (Lipinski definition) is 1. The summed E-state index contributed by atoms with van der Waals surface area (Å²) in [6.45, 7) is 2.12. The van der Waals surface area contributed by atoms with Crippen LogP contribution in [0.3, 0.4) is 0 Å². The van der Waals surface area contributed by atoms with Gasteiger partial charge in [0.2, 0.25) is 0 Å². The highest BCUT2D eigenvalue weighted by Crippen LogP contribution is 2.46. The Hall–Kier alpha value is -0.780. The maximum atomic E-state index is 9.48. The van der Waals surface area contributed by atoms with E-state index in [-0.39, 0.29) is 12.0 Å². The summed E-state index contributed by atoms with van der Waals surface area (Å²) < 4.78 is 1.10. The van der Waals surface area contributed by atoms with Crippen LogP contribution in [-0.2, 0) is 5.41 Å². The van der Waals surface area contributed by atoms with E-state index in [4.69, 9.17) is 0 Å². The van der Waals surface area contributed by atoms with Gasteiger partial charge in [-0.2, -0.15) is 0 Å². The third-order valence-corrected chi connectivity index (χ3v) is 4.96. The minimum Gasteiger partial charge on any atom is -0.395 e. The van der Waals surface area contributed by atoms with Crippen LogP contribution in [0, 0.1) is 6.92 Å². The maximum Gasteiger partial charge on any atom is 0.137 e. The van der Waals surface area contributed by atoms with Crippen LogP contribution in [0.1, 0.15) is 24.4 Å². The summed E-state index contributed by atoms with van der Waals surface area (Å²) >= 11 is 5.13. The molecule has 2 heterocycles. The van der Waals surface area contributed by atoms with Gasteiger partial charge in [-0.05, 0) is 53.9 Å². The van der Waals surface area contributed by atoms with E-state index < -0.39 is 0 Å². The van der Waals surface area contributed by atoms with E-state index in [9.17, 15) is 5.11 Å². The number of thiophene rings is 1. The fourth-order valence-electron chi connectivity index (χ4n) is 1.99. The molecule has 0 radical (unpaired) electrons. The average Bonchev–Trinajstić information content (AvgIpc) is 3.05. The Balaban J connectivity index is 2.06. The van der Waals surface area contributed by atoms with Gasteiger partial charge in [0.05, 0.1) is 26.4 Å². The van der Waals surface area contributed by atoms with Crippen LogP contribution in [0.5, 0.6) is 0 Å². The first-order chi connectivity index (χ1) is 8.63. The highest BCUT2D eigenvalue weighted by molar-refractivity contribution is 9.11. The summed E-state index contributed by atoms with van der Waals surface area (Å²) in [4.78, 5) is 10.3. The zero-order chi connectivity index (χ0) is 12.8. The molecule has 0 saturated heterocycles. The zero-order valence-electron chi connectivity index (χ0n) is 9.98. The maximum absolute atomic E-state index is 9.48. The molecule has 3 rings (SSSR count). The number of aliphatic hydroxyl groups is 1. The summed E-state index contributed by atoms with van der Waals surface area (Å²) in [5.74, 6) is 0.796. The van der Waals surface area contributed by atoms with Gasteiger partial charge in [0, 0.05) is 5.69 Å². The Labute approximate surface area is 118 Å². The third-order valence-electron chi connectivity index (χ3n) is 3.31. The van der Waals surface area contributed by atoms with Crippen LogP contribution in [0.25, 0.3) is 10.6 Å². The van der Waals surface area contributed by atoms with Crippen LogP contribution < -0.4 is 0 Å². The molecule has 2 aromatic heterocycles. The fourth-order valence-corrected chi connectivity index (χ4v) is 3.33. The predicted molar refractivity (Wildman–Crippen MR) is 75.8 cm³/mol. The van der Waals surface area contributed by atoms with Crippen LogP contribution in [0.15, 0.2) is 22.0 Å². The van der Waals surface area contributed by atoms with Gasteiger partial charge in [-0.1, -0.05) is 0 Å². The Bertz CT molecular complexity index is 592. The molecule has 0 amide bonds. The summed E-state index contributed by atoms with van der Waals surface area (Å²) in [6, 6.07) is 6.07. The van der Waals surface area contributed by atoms with Gasteiger partial charge in [-0.15, -0.1) is 11.3 Å². The topological polar surface area (TPSA) is 46.0 Å². The van der Waals surface area contributed by atoms with Crippen molar-refractivity contribution in [3.63, 3.8) is 0 Å². The van der Waals surface area contributed by atoms with E-state index in [1.807, 2.05) is 19.1 Å². The first-order valence-electron chi connectivity index (χ1n) is 5.86. The minimum atomic E-state index is -0.171. The number of nitrogens with zero attached hydrogens (tertiary/aromatic N) is 2. The molecule has 0 bridgehead atoms. The lowest BCUT2D eigenvalue weighted by molar-refractivity contribution is 0.249. The number of aryl methyl sites for hydroxylation is 1. The van der Waals surface area contributed by atoms with Crippen LogP contribution in [0.4, 0.5) is 0 Å². The van der Waals surface area contributed by atoms with E-state index in [0.717, 1.165) is 38.7 Å². The second kappa shape index (κ2) is 4.40. The molecule has 18 heavy (non-hydrogen) atoms. The van der Waals surface area contributed by atoms with E-state index in [0.29, 0.717) is 0 Å². The monoisotopic (exact) mass is 324 g/mol. The molecule has 2 aromatic rings. The Morgan fingerprint density at radius 3 is 2.72 bits per heavy atom. The summed E-state index contributed by atoms with van der Waals surface area (Å²) in [6.07, 6.45) is 1.97. The van der Waals surface area contributed by atoms with Gasteiger partial charge in [-0.3, -0.25) is 0 Å². The molecule has 0 aliphatic heterocycles. The highest BCUT2D eigenvalue weighted by Gasteiger charge is 2.46.